The fourth-order valence-corrected chi connectivity index (χ4v) is 2.85. The lowest BCUT2D eigenvalue weighted by Gasteiger charge is -2.17. The molecule has 1 atom stereocenters. The van der Waals surface area contributed by atoms with Gasteiger partial charge in [0, 0.05) is 31.4 Å². The molecule has 1 fully saturated rings. The van der Waals surface area contributed by atoms with E-state index in [-0.39, 0.29) is 30.6 Å². The van der Waals surface area contributed by atoms with E-state index in [1.54, 1.807) is 17.0 Å². The smallest absolute Gasteiger partial charge is 0.235 e. The van der Waals surface area contributed by atoms with E-state index < -0.39 is 0 Å². The number of likely N-dealkylation sites (tertiary alicyclic amines) is 1. The Morgan fingerprint density at radius 2 is 1.92 bits per heavy atom. The second kappa shape index (κ2) is 8.42. The van der Waals surface area contributed by atoms with Crippen LogP contribution in [0.2, 0.25) is 0 Å². The summed E-state index contributed by atoms with van der Waals surface area (Å²) in [5.41, 5.74) is 0.638. The normalized spacial score (nSPS) is 16.3. The number of nitrogens with zero attached hydrogens (tertiary/aromatic N) is 3. The second-order valence-electron chi connectivity index (χ2n) is 6.06. The third-order valence-electron chi connectivity index (χ3n) is 4.25. The highest BCUT2D eigenvalue weighted by atomic mass is 16.5. The molecule has 3 rings (SSSR count). The van der Waals surface area contributed by atoms with Gasteiger partial charge in [-0.25, -0.2) is 0 Å². The number of rotatable bonds is 7. The first-order valence-electron chi connectivity index (χ1n) is 8.54. The molecule has 26 heavy (non-hydrogen) atoms. The summed E-state index contributed by atoms with van der Waals surface area (Å²) in [7, 11) is 1.51. The molecule has 0 bridgehead atoms. The molecule has 0 radical (unpaired) electrons. The number of Topliss-reactive ketones (excluding diaryl/α,β-unsaturated/α-hetero) is 1. The predicted molar refractivity (Wildman–Crippen MR) is 94.2 cm³/mol. The predicted octanol–water partition coefficient (Wildman–Crippen LogP) is 2.13. The first-order valence-corrected chi connectivity index (χ1v) is 8.54. The largest absolute Gasteiger partial charge is 0.480 e. The highest BCUT2D eigenvalue weighted by Crippen LogP contribution is 2.19. The third-order valence-corrected chi connectivity index (χ3v) is 4.25. The van der Waals surface area contributed by atoms with Crippen LogP contribution in [-0.2, 0) is 4.79 Å². The average molecular weight is 355 g/mol. The molecule has 1 unspecified atom stereocenters. The minimum absolute atomic E-state index is 0.0161. The number of aromatic nitrogens is 2. The summed E-state index contributed by atoms with van der Waals surface area (Å²) in [5, 5.41) is 0. The van der Waals surface area contributed by atoms with Gasteiger partial charge >= 0.3 is 0 Å². The highest BCUT2D eigenvalue weighted by molar-refractivity contribution is 5.97. The molecule has 1 aromatic heterocycles. The monoisotopic (exact) mass is 355 g/mol. The van der Waals surface area contributed by atoms with E-state index in [0.717, 1.165) is 6.42 Å². The van der Waals surface area contributed by atoms with Crippen LogP contribution in [0.4, 0.5) is 0 Å². The van der Waals surface area contributed by atoms with Crippen LogP contribution in [0.5, 0.6) is 11.8 Å². The van der Waals surface area contributed by atoms with Crippen LogP contribution in [0, 0.1) is 0 Å². The van der Waals surface area contributed by atoms with Crippen LogP contribution in [0.1, 0.15) is 29.6 Å². The second-order valence-corrected chi connectivity index (χ2v) is 6.06. The molecule has 0 aliphatic carbocycles. The van der Waals surface area contributed by atoms with Gasteiger partial charge in [-0.3, -0.25) is 14.6 Å². The van der Waals surface area contributed by atoms with Crippen molar-refractivity contribution in [3.8, 4) is 11.8 Å². The molecule has 7 heteroatoms. The lowest BCUT2D eigenvalue weighted by molar-refractivity contribution is -0.130. The number of carbonyl (C=O) groups is 2. The van der Waals surface area contributed by atoms with Gasteiger partial charge in [0.05, 0.1) is 26.0 Å². The Balaban J connectivity index is 1.47. The van der Waals surface area contributed by atoms with Crippen molar-refractivity contribution in [1.29, 1.82) is 0 Å². The Morgan fingerprint density at radius 3 is 2.69 bits per heavy atom. The minimum atomic E-state index is -0.134. The molecule has 2 heterocycles. The summed E-state index contributed by atoms with van der Waals surface area (Å²) < 4.78 is 10.8. The van der Waals surface area contributed by atoms with Crippen LogP contribution < -0.4 is 9.47 Å². The summed E-state index contributed by atoms with van der Waals surface area (Å²) >= 11 is 0. The topological polar surface area (TPSA) is 81.6 Å². The van der Waals surface area contributed by atoms with Crippen molar-refractivity contribution in [2.75, 3.05) is 20.2 Å². The number of ether oxygens (including phenoxy) is 2. The standard InChI is InChI=1S/C19H21N3O4/c1-25-17-11-20-12-18(21-17)26-15-9-10-22(13-15)19(24)8-7-16(23)14-5-3-2-4-6-14/h2-6,11-12,15H,7-10,13H2,1H3. The lowest BCUT2D eigenvalue weighted by atomic mass is 10.1. The van der Waals surface area contributed by atoms with Gasteiger partial charge in [-0.05, 0) is 0 Å². The van der Waals surface area contributed by atoms with Crippen molar-refractivity contribution >= 4 is 11.7 Å². The van der Waals surface area contributed by atoms with Crippen molar-refractivity contribution in [1.82, 2.24) is 14.9 Å². The molecule has 0 saturated carbocycles. The van der Waals surface area contributed by atoms with Gasteiger partial charge < -0.3 is 14.4 Å². The van der Waals surface area contributed by atoms with E-state index in [9.17, 15) is 9.59 Å². The maximum atomic E-state index is 12.3. The van der Waals surface area contributed by atoms with E-state index >= 15 is 0 Å². The number of amides is 1. The molecule has 1 amide bonds. The zero-order chi connectivity index (χ0) is 18.4. The molecule has 136 valence electrons. The molecule has 0 N–H and O–H groups in total. The van der Waals surface area contributed by atoms with E-state index in [0.29, 0.717) is 30.4 Å². The van der Waals surface area contributed by atoms with Crippen LogP contribution in [0.15, 0.2) is 42.7 Å². The lowest BCUT2D eigenvalue weighted by Crippen LogP contribution is -2.31. The molecule has 1 aliphatic rings. The maximum absolute atomic E-state index is 12.3. The maximum Gasteiger partial charge on any atom is 0.235 e. The van der Waals surface area contributed by atoms with Gasteiger partial charge in [0.15, 0.2) is 5.78 Å². The molecule has 0 spiro atoms. The number of hydrogen-bond donors (Lipinski definition) is 0. The first-order chi connectivity index (χ1) is 12.7. The number of ketones is 1. The fourth-order valence-electron chi connectivity index (χ4n) is 2.85. The number of hydrogen-bond acceptors (Lipinski definition) is 6. The summed E-state index contributed by atoms with van der Waals surface area (Å²) in [6, 6.07) is 9.03. The van der Waals surface area contributed by atoms with Gasteiger partial charge in [-0.15, -0.1) is 0 Å². The third kappa shape index (κ3) is 4.56. The molecule has 1 saturated heterocycles. The molecular formula is C19H21N3O4. The Hall–Kier alpha value is -2.96. The summed E-state index contributed by atoms with van der Waals surface area (Å²) in [5.74, 6) is 0.713. The van der Waals surface area contributed by atoms with Crippen LogP contribution >= 0.6 is 0 Å². The van der Waals surface area contributed by atoms with Gasteiger partial charge in [-0.2, -0.15) is 4.98 Å². The molecular weight excluding hydrogens is 334 g/mol. The van der Waals surface area contributed by atoms with E-state index in [1.165, 1.54) is 19.5 Å². The van der Waals surface area contributed by atoms with E-state index in [4.69, 9.17) is 9.47 Å². The van der Waals surface area contributed by atoms with Crippen molar-refractivity contribution in [2.24, 2.45) is 0 Å². The van der Waals surface area contributed by atoms with Crippen molar-refractivity contribution in [3.05, 3.63) is 48.3 Å². The quantitative estimate of drug-likeness (QED) is 0.708. The Morgan fingerprint density at radius 1 is 1.15 bits per heavy atom. The Labute approximate surface area is 152 Å². The fraction of sp³-hybridized carbons (Fsp3) is 0.368. The number of carbonyl (C=O) groups excluding carboxylic acids is 2. The van der Waals surface area contributed by atoms with Gasteiger partial charge in [0.2, 0.25) is 17.7 Å². The summed E-state index contributed by atoms with van der Waals surface area (Å²) in [4.78, 5) is 34.4. The Kier molecular flexibility index (Phi) is 5.78. The highest BCUT2D eigenvalue weighted by Gasteiger charge is 2.28. The zero-order valence-corrected chi connectivity index (χ0v) is 14.6. The molecule has 1 aromatic carbocycles. The van der Waals surface area contributed by atoms with E-state index in [2.05, 4.69) is 9.97 Å². The summed E-state index contributed by atoms with van der Waals surface area (Å²) in [6.07, 6.45) is 4.03. The zero-order valence-electron chi connectivity index (χ0n) is 14.6. The SMILES string of the molecule is COc1cncc(OC2CCN(C(=O)CCC(=O)c3ccccc3)C2)n1. The van der Waals surface area contributed by atoms with Crippen molar-refractivity contribution in [3.63, 3.8) is 0 Å². The average Bonchev–Trinajstić information content (AvgIpc) is 3.15. The number of methoxy groups -OCH3 is 1. The molecule has 7 nitrogen and oxygen atoms in total. The first kappa shape index (κ1) is 17.8. The number of benzene rings is 1. The van der Waals surface area contributed by atoms with Gasteiger partial charge in [-0.1, -0.05) is 30.3 Å². The van der Waals surface area contributed by atoms with Crippen LogP contribution in [-0.4, -0.2) is 52.9 Å². The van der Waals surface area contributed by atoms with Crippen molar-refractivity contribution < 1.29 is 19.1 Å². The van der Waals surface area contributed by atoms with Gasteiger partial charge in [0.25, 0.3) is 0 Å². The molecule has 1 aliphatic heterocycles. The summed E-state index contributed by atoms with van der Waals surface area (Å²) in [6.45, 7) is 1.09. The minimum Gasteiger partial charge on any atom is -0.480 e. The molecule has 2 aromatic rings. The van der Waals surface area contributed by atoms with Gasteiger partial charge in [0.1, 0.15) is 6.10 Å². The van der Waals surface area contributed by atoms with Crippen LogP contribution in [0.3, 0.4) is 0 Å². The Bertz CT molecular complexity index is 766. The van der Waals surface area contributed by atoms with E-state index in [1.807, 2.05) is 18.2 Å². The van der Waals surface area contributed by atoms with Crippen molar-refractivity contribution in [2.45, 2.75) is 25.4 Å². The van der Waals surface area contributed by atoms with Crippen LogP contribution in [0.25, 0.3) is 0 Å².